The fraction of sp³-hybridized carbons (Fsp3) is 0.0417. The topological polar surface area (TPSA) is 59.6 Å². The van der Waals surface area contributed by atoms with Crippen molar-refractivity contribution in [3.63, 3.8) is 0 Å². The van der Waals surface area contributed by atoms with Crippen molar-refractivity contribution in [1.29, 1.82) is 0 Å². The number of rotatable bonds is 5. The summed E-state index contributed by atoms with van der Waals surface area (Å²) >= 11 is 0. The molecule has 0 saturated carbocycles. The van der Waals surface area contributed by atoms with Gasteiger partial charge in [0.05, 0.1) is 24.6 Å². The SMILES string of the molecule is COc1ccc(-n2cc(-c3ccc(F)cc3)c(-c3ccncc3)[n+]2-c2cnc[nH]2)cc1. The van der Waals surface area contributed by atoms with E-state index in [1.165, 1.54) is 12.1 Å². The fourth-order valence-electron chi connectivity index (χ4n) is 3.62. The number of hydrogen-bond acceptors (Lipinski definition) is 3. The molecule has 0 aliphatic heterocycles. The van der Waals surface area contributed by atoms with E-state index in [2.05, 4.69) is 15.0 Å². The molecule has 0 radical (unpaired) electrons. The quantitative estimate of drug-likeness (QED) is 0.437. The van der Waals surface area contributed by atoms with Crippen LogP contribution in [-0.4, -0.2) is 26.7 Å². The number of nitrogens with zero attached hydrogens (tertiary/aromatic N) is 4. The first-order chi connectivity index (χ1) is 15.2. The van der Waals surface area contributed by atoms with Gasteiger partial charge in [-0.05, 0) is 54.1 Å². The van der Waals surface area contributed by atoms with E-state index >= 15 is 0 Å². The van der Waals surface area contributed by atoms with Gasteiger partial charge in [-0.25, -0.2) is 14.4 Å². The van der Waals surface area contributed by atoms with E-state index in [0.29, 0.717) is 0 Å². The molecule has 0 unspecified atom stereocenters. The first-order valence-electron chi connectivity index (χ1n) is 9.72. The Kier molecular flexibility index (Phi) is 4.76. The normalized spacial score (nSPS) is 10.9. The Morgan fingerprint density at radius 1 is 0.903 bits per heavy atom. The van der Waals surface area contributed by atoms with Crippen molar-refractivity contribution in [1.82, 2.24) is 19.6 Å². The van der Waals surface area contributed by atoms with Gasteiger partial charge in [-0.15, -0.1) is 4.68 Å². The molecule has 31 heavy (non-hydrogen) atoms. The van der Waals surface area contributed by atoms with Crippen LogP contribution in [0.1, 0.15) is 0 Å². The van der Waals surface area contributed by atoms with E-state index < -0.39 is 0 Å². The molecule has 0 amide bonds. The third-order valence-corrected chi connectivity index (χ3v) is 5.09. The first kappa shape index (κ1) is 18.7. The molecule has 6 nitrogen and oxygen atoms in total. The number of H-pyrrole nitrogens is 1. The van der Waals surface area contributed by atoms with E-state index in [0.717, 1.165) is 39.6 Å². The van der Waals surface area contributed by atoms with Crippen LogP contribution in [0, 0.1) is 5.82 Å². The average molecular weight is 412 g/mol. The third kappa shape index (κ3) is 3.46. The molecule has 0 bridgehead atoms. The molecule has 5 aromatic rings. The highest BCUT2D eigenvalue weighted by Crippen LogP contribution is 2.32. The van der Waals surface area contributed by atoms with Crippen LogP contribution in [0.3, 0.4) is 0 Å². The van der Waals surface area contributed by atoms with Crippen LogP contribution in [-0.2, 0) is 0 Å². The molecule has 3 aromatic heterocycles. The monoisotopic (exact) mass is 412 g/mol. The number of aromatic nitrogens is 5. The summed E-state index contributed by atoms with van der Waals surface area (Å²) in [5, 5.41) is 0. The Bertz CT molecular complexity index is 1300. The van der Waals surface area contributed by atoms with Gasteiger partial charge in [0.2, 0.25) is 0 Å². The lowest BCUT2D eigenvalue weighted by atomic mass is 10.0. The van der Waals surface area contributed by atoms with Gasteiger partial charge in [0.1, 0.15) is 17.8 Å². The lowest BCUT2D eigenvalue weighted by molar-refractivity contribution is -0.667. The van der Waals surface area contributed by atoms with Crippen molar-refractivity contribution in [2.24, 2.45) is 0 Å². The summed E-state index contributed by atoms with van der Waals surface area (Å²) in [6.07, 6.45) is 8.95. The Morgan fingerprint density at radius 2 is 1.65 bits per heavy atom. The number of nitrogens with one attached hydrogen (secondary N) is 1. The van der Waals surface area contributed by atoms with E-state index in [1.54, 1.807) is 44.2 Å². The van der Waals surface area contributed by atoms with Crippen molar-refractivity contribution >= 4 is 0 Å². The van der Waals surface area contributed by atoms with Gasteiger partial charge in [0, 0.05) is 18.0 Å². The van der Waals surface area contributed by atoms with Crippen LogP contribution < -0.4 is 9.42 Å². The molecule has 2 aromatic carbocycles. The molecule has 0 saturated heterocycles. The molecule has 0 aliphatic carbocycles. The Labute approximate surface area is 178 Å². The third-order valence-electron chi connectivity index (χ3n) is 5.09. The Morgan fingerprint density at radius 3 is 2.29 bits per heavy atom. The Balaban J connectivity index is 1.83. The Hall–Kier alpha value is -4.26. The number of ether oxygens (including phenoxy) is 1. The minimum Gasteiger partial charge on any atom is -0.497 e. The number of aromatic amines is 1. The maximum absolute atomic E-state index is 13.6. The number of benzene rings is 2. The van der Waals surface area contributed by atoms with Crippen molar-refractivity contribution in [3.05, 3.63) is 97.6 Å². The number of hydrogen-bond donors (Lipinski definition) is 1. The van der Waals surface area contributed by atoms with Crippen molar-refractivity contribution in [2.75, 3.05) is 7.11 Å². The van der Waals surface area contributed by atoms with Crippen LogP contribution in [0.25, 0.3) is 33.9 Å². The van der Waals surface area contributed by atoms with Crippen LogP contribution in [0.2, 0.25) is 0 Å². The summed E-state index contributed by atoms with van der Waals surface area (Å²) in [5.41, 5.74) is 4.66. The highest BCUT2D eigenvalue weighted by molar-refractivity contribution is 5.78. The van der Waals surface area contributed by atoms with Gasteiger partial charge < -0.3 is 4.74 Å². The lowest BCUT2D eigenvalue weighted by Gasteiger charge is -2.08. The van der Waals surface area contributed by atoms with Gasteiger partial charge in [-0.3, -0.25) is 4.98 Å². The fourth-order valence-corrected chi connectivity index (χ4v) is 3.62. The van der Waals surface area contributed by atoms with Gasteiger partial charge in [-0.1, -0.05) is 12.1 Å². The predicted molar refractivity (Wildman–Crippen MR) is 115 cm³/mol. The van der Waals surface area contributed by atoms with Crippen LogP contribution in [0.4, 0.5) is 4.39 Å². The zero-order valence-corrected chi connectivity index (χ0v) is 16.7. The summed E-state index contributed by atoms with van der Waals surface area (Å²) in [7, 11) is 1.64. The number of methoxy groups -OCH3 is 1. The average Bonchev–Trinajstić information content (AvgIpc) is 3.48. The smallest absolute Gasteiger partial charge is 0.323 e. The van der Waals surface area contributed by atoms with Gasteiger partial charge in [-0.2, -0.15) is 4.68 Å². The summed E-state index contributed by atoms with van der Waals surface area (Å²) in [4.78, 5) is 11.6. The number of pyridine rings is 1. The highest BCUT2D eigenvalue weighted by Gasteiger charge is 2.26. The van der Waals surface area contributed by atoms with Gasteiger partial charge in [0.25, 0.3) is 0 Å². The summed E-state index contributed by atoms with van der Waals surface area (Å²) < 4.78 is 23.0. The molecule has 7 heteroatoms. The minimum atomic E-state index is -0.273. The first-order valence-corrected chi connectivity index (χ1v) is 9.72. The standard InChI is InChI=1S/C24H19FN5O/c1-31-21-8-6-20(7-9-21)29-15-22(17-2-4-19(25)5-3-17)24(18-10-12-26-13-11-18)30(29)23-14-27-16-28-23/h2-16H,1H3,(H,27,28)/q+1. The molecule has 0 spiro atoms. The summed E-state index contributed by atoms with van der Waals surface area (Å²) in [5.74, 6) is 1.29. The molecule has 0 fully saturated rings. The van der Waals surface area contributed by atoms with Gasteiger partial charge >= 0.3 is 5.82 Å². The van der Waals surface area contributed by atoms with Crippen molar-refractivity contribution in [2.45, 2.75) is 0 Å². The molecule has 0 atom stereocenters. The second-order valence-electron chi connectivity index (χ2n) is 6.93. The molecule has 3 heterocycles. The van der Waals surface area contributed by atoms with E-state index in [4.69, 9.17) is 4.74 Å². The van der Waals surface area contributed by atoms with Crippen LogP contribution in [0.15, 0.2) is 91.8 Å². The largest absolute Gasteiger partial charge is 0.497 e. The predicted octanol–water partition coefficient (Wildman–Crippen LogP) is 4.35. The summed E-state index contributed by atoms with van der Waals surface area (Å²) in [6.45, 7) is 0. The van der Waals surface area contributed by atoms with Crippen LogP contribution >= 0.6 is 0 Å². The molecule has 0 aliphatic rings. The molecule has 1 N–H and O–H groups in total. The van der Waals surface area contributed by atoms with Gasteiger partial charge in [0.15, 0.2) is 12.0 Å². The summed E-state index contributed by atoms with van der Waals surface area (Å²) in [6, 6.07) is 18.2. The van der Waals surface area contributed by atoms with E-state index in [1.807, 2.05) is 52.0 Å². The minimum absolute atomic E-state index is 0.273. The zero-order chi connectivity index (χ0) is 21.2. The molecular formula is C24H19FN5O+. The van der Waals surface area contributed by atoms with Crippen molar-refractivity contribution in [3.8, 4) is 39.6 Å². The second kappa shape index (κ2) is 7.87. The van der Waals surface area contributed by atoms with Crippen molar-refractivity contribution < 1.29 is 13.8 Å². The lowest BCUT2D eigenvalue weighted by Crippen LogP contribution is -2.41. The molecule has 152 valence electrons. The highest BCUT2D eigenvalue weighted by atomic mass is 19.1. The maximum atomic E-state index is 13.6. The number of halogens is 1. The molecule has 5 rings (SSSR count). The number of imidazole rings is 1. The van der Waals surface area contributed by atoms with Crippen LogP contribution in [0.5, 0.6) is 5.75 Å². The van der Waals surface area contributed by atoms with E-state index in [9.17, 15) is 4.39 Å². The van der Waals surface area contributed by atoms with E-state index in [-0.39, 0.29) is 5.82 Å². The second-order valence-corrected chi connectivity index (χ2v) is 6.93. The molecular weight excluding hydrogens is 393 g/mol. The zero-order valence-electron chi connectivity index (χ0n) is 16.7. The maximum Gasteiger partial charge on any atom is 0.323 e.